The molecular weight excluding hydrogens is 296 g/mol. The molecule has 0 spiro atoms. The van der Waals surface area contributed by atoms with Crippen molar-refractivity contribution in [2.75, 3.05) is 25.5 Å². The minimum Gasteiger partial charge on any atom is -0.497 e. The van der Waals surface area contributed by atoms with Crippen LogP contribution in [0.2, 0.25) is 0 Å². The van der Waals surface area contributed by atoms with Gasteiger partial charge < -0.3 is 15.4 Å². The number of carbonyl (C=O) groups is 1. The van der Waals surface area contributed by atoms with E-state index in [4.69, 9.17) is 4.74 Å². The zero-order valence-electron chi connectivity index (χ0n) is 10.3. The van der Waals surface area contributed by atoms with Crippen molar-refractivity contribution in [1.82, 2.24) is 5.32 Å². The van der Waals surface area contributed by atoms with Crippen LogP contribution in [-0.2, 0) is 4.79 Å². The number of hydrogen-bond acceptors (Lipinski definition) is 3. The number of amides is 1. The molecule has 18 heavy (non-hydrogen) atoms. The maximum atomic E-state index is 12.0. The summed E-state index contributed by atoms with van der Waals surface area (Å²) in [6, 6.07) is 5.47. The third kappa shape index (κ3) is 2.73. The standard InChI is InChI=1S/C13H15BrN2O2/c1-8(9-6-15-7-9)13(17)16-12-5-10(18-2)3-4-11(12)14/h3-5,15H,6-7H2,1-2H3,(H,16,17). The van der Waals surface area contributed by atoms with Gasteiger partial charge in [0.1, 0.15) is 5.75 Å². The first-order valence-electron chi connectivity index (χ1n) is 5.66. The molecule has 0 unspecified atom stereocenters. The highest BCUT2D eigenvalue weighted by Crippen LogP contribution is 2.27. The lowest BCUT2D eigenvalue weighted by Crippen LogP contribution is -2.36. The maximum absolute atomic E-state index is 12.0. The van der Waals surface area contributed by atoms with Gasteiger partial charge in [-0.3, -0.25) is 4.79 Å². The number of hydrogen-bond donors (Lipinski definition) is 2. The molecule has 4 nitrogen and oxygen atoms in total. The molecule has 1 aliphatic rings. The van der Waals surface area contributed by atoms with Gasteiger partial charge in [0.15, 0.2) is 0 Å². The molecule has 0 radical (unpaired) electrons. The van der Waals surface area contributed by atoms with E-state index in [1.807, 2.05) is 19.1 Å². The molecule has 96 valence electrons. The van der Waals surface area contributed by atoms with E-state index in [9.17, 15) is 4.79 Å². The lowest BCUT2D eigenvalue weighted by molar-refractivity contribution is -0.112. The molecule has 0 aromatic heterocycles. The van der Waals surface area contributed by atoms with Crippen LogP contribution in [0.5, 0.6) is 5.75 Å². The molecule has 1 fully saturated rings. The number of anilines is 1. The van der Waals surface area contributed by atoms with Gasteiger partial charge in [0, 0.05) is 29.2 Å². The summed E-state index contributed by atoms with van der Waals surface area (Å²) in [5, 5.41) is 6.01. The highest BCUT2D eigenvalue weighted by Gasteiger charge is 2.16. The van der Waals surface area contributed by atoms with Crippen molar-refractivity contribution in [3.63, 3.8) is 0 Å². The van der Waals surface area contributed by atoms with Crippen molar-refractivity contribution in [3.05, 3.63) is 33.8 Å². The Labute approximate surface area is 115 Å². The van der Waals surface area contributed by atoms with Crippen LogP contribution >= 0.6 is 15.9 Å². The van der Waals surface area contributed by atoms with Crippen molar-refractivity contribution in [3.8, 4) is 5.75 Å². The Kier molecular flexibility index (Phi) is 4.04. The van der Waals surface area contributed by atoms with E-state index in [1.54, 1.807) is 13.2 Å². The molecular formula is C13H15BrN2O2. The molecule has 0 aliphatic carbocycles. The first-order valence-corrected chi connectivity index (χ1v) is 6.45. The van der Waals surface area contributed by atoms with Crippen LogP contribution in [0.4, 0.5) is 5.69 Å². The van der Waals surface area contributed by atoms with Crippen LogP contribution in [0, 0.1) is 0 Å². The fourth-order valence-corrected chi connectivity index (χ4v) is 1.96. The fraction of sp³-hybridized carbons (Fsp3) is 0.308. The largest absolute Gasteiger partial charge is 0.497 e. The summed E-state index contributed by atoms with van der Waals surface area (Å²) in [7, 11) is 1.60. The first kappa shape index (κ1) is 13.1. The quantitative estimate of drug-likeness (QED) is 0.842. The zero-order chi connectivity index (χ0) is 13.1. The second kappa shape index (κ2) is 5.54. The van der Waals surface area contributed by atoms with Crippen molar-refractivity contribution < 1.29 is 9.53 Å². The number of halogens is 1. The number of benzene rings is 1. The molecule has 0 bridgehead atoms. The van der Waals surface area contributed by atoms with Crippen LogP contribution in [0.25, 0.3) is 0 Å². The van der Waals surface area contributed by atoms with Crippen LogP contribution < -0.4 is 15.4 Å². The van der Waals surface area contributed by atoms with E-state index in [1.165, 1.54) is 0 Å². The maximum Gasteiger partial charge on any atom is 0.251 e. The molecule has 0 atom stereocenters. The van der Waals surface area contributed by atoms with Crippen LogP contribution in [-0.4, -0.2) is 26.1 Å². The van der Waals surface area contributed by atoms with Gasteiger partial charge in [-0.15, -0.1) is 0 Å². The Hall–Kier alpha value is -1.33. The Morgan fingerprint density at radius 1 is 1.44 bits per heavy atom. The predicted octanol–water partition coefficient (Wildman–Crippen LogP) is 2.32. The summed E-state index contributed by atoms with van der Waals surface area (Å²) in [5.41, 5.74) is 2.65. The summed E-state index contributed by atoms with van der Waals surface area (Å²) in [4.78, 5) is 12.0. The zero-order valence-corrected chi connectivity index (χ0v) is 11.9. The van der Waals surface area contributed by atoms with Gasteiger partial charge in [-0.25, -0.2) is 0 Å². The third-order valence-electron chi connectivity index (χ3n) is 2.97. The first-order chi connectivity index (χ1) is 8.61. The van der Waals surface area contributed by atoms with Gasteiger partial charge in [-0.05, 0) is 40.6 Å². The minimum absolute atomic E-state index is 0.0690. The Balaban J connectivity index is 2.16. The molecule has 1 amide bonds. The monoisotopic (exact) mass is 310 g/mol. The molecule has 1 aromatic carbocycles. The lowest BCUT2D eigenvalue weighted by atomic mass is 10.0. The molecule has 5 heteroatoms. The summed E-state index contributed by atoms with van der Waals surface area (Å²) in [5.74, 6) is 0.643. The molecule has 1 heterocycles. The number of rotatable bonds is 3. The Bertz CT molecular complexity index is 506. The van der Waals surface area contributed by atoms with E-state index in [2.05, 4.69) is 26.6 Å². The number of ether oxygens (including phenoxy) is 1. The van der Waals surface area contributed by atoms with Crippen LogP contribution in [0.15, 0.2) is 33.8 Å². The van der Waals surface area contributed by atoms with Crippen molar-refractivity contribution in [1.29, 1.82) is 0 Å². The van der Waals surface area contributed by atoms with Gasteiger partial charge in [0.25, 0.3) is 5.91 Å². The minimum atomic E-state index is -0.0690. The van der Waals surface area contributed by atoms with Crippen molar-refractivity contribution >= 4 is 27.5 Å². The third-order valence-corrected chi connectivity index (χ3v) is 3.66. The predicted molar refractivity (Wildman–Crippen MR) is 74.9 cm³/mol. The Morgan fingerprint density at radius 2 is 2.17 bits per heavy atom. The van der Waals surface area contributed by atoms with E-state index in [0.717, 1.165) is 28.7 Å². The molecule has 1 aromatic rings. The van der Waals surface area contributed by atoms with Crippen molar-refractivity contribution in [2.24, 2.45) is 0 Å². The SMILES string of the molecule is COc1ccc(Br)c(NC(=O)C(C)=C2CNC2)c1. The smallest absolute Gasteiger partial charge is 0.251 e. The topological polar surface area (TPSA) is 50.4 Å². The lowest BCUT2D eigenvalue weighted by Gasteiger charge is -2.21. The van der Waals surface area contributed by atoms with Gasteiger partial charge in [-0.1, -0.05) is 0 Å². The van der Waals surface area contributed by atoms with E-state index in [-0.39, 0.29) is 5.91 Å². The van der Waals surface area contributed by atoms with Crippen molar-refractivity contribution in [2.45, 2.75) is 6.92 Å². The molecule has 1 aliphatic heterocycles. The average Bonchev–Trinajstić information content (AvgIpc) is 2.29. The number of carbonyl (C=O) groups excluding carboxylic acids is 1. The van der Waals surface area contributed by atoms with E-state index < -0.39 is 0 Å². The Morgan fingerprint density at radius 3 is 2.72 bits per heavy atom. The molecule has 2 N–H and O–H groups in total. The summed E-state index contributed by atoms with van der Waals surface area (Å²) < 4.78 is 5.97. The van der Waals surface area contributed by atoms with Crippen LogP contribution in [0.1, 0.15) is 6.92 Å². The molecule has 1 saturated heterocycles. The van der Waals surface area contributed by atoms with Gasteiger partial charge in [0.05, 0.1) is 12.8 Å². The van der Waals surface area contributed by atoms with E-state index >= 15 is 0 Å². The van der Waals surface area contributed by atoms with Gasteiger partial charge >= 0.3 is 0 Å². The molecule has 2 rings (SSSR count). The number of nitrogens with one attached hydrogen (secondary N) is 2. The van der Waals surface area contributed by atoms with Gasteiger partial charge in [0.2, 0.25) is 0 Å². The highest BCUT2D eigenvalue weighted by atomic mass is 79.9. The summed E-state index contributed by atoms with van der Waals surface area (Å²) in [6.07, 6.45) is 0. The van der Waals surface area contributed by atoms with Crippen LogP contribution in [0.3, 0.4) is 0 Å². The summed E-state index contributed by atoms with van der Waals surface area (Å²) >= 11 is 3.41. The second-order valence-corrected chi connectivity index (χ2v) is 4.99. The average molecular weight is 311 g/mol. The number of methoxy groups -OCH3 is 1. The highest BCUT2D eigenvalue weighted by molar-refractivity contribution is 9.10. The fourth-order valence-electron chi connectivity index (χ4n) is 1.62. The second-order valence-electron chi connectivity index (χ2n) is 4.13. The normalized spacial score (nSPS) is 13.8. The molecule has 0 saturated carbocycles. The van der Waals surface area contributed by atoms with E-state index in [0.29, 0.717) is 11.4 Å². The van der Waals surface area contributed by atoms with Gasteiger partial charge in [-0.2, -0.15) is 0 Å². The summed E-state index contributed by atoms with van der Waals surface area (Å²) in [6.45, 7) is 3.46.